The second kappa shape index (κ2) is 7.49. The van der Waals surface area contributed by atoms with Gasteiger partial charge in [0.1, 0.15) is 5.76 Å². The Balaban J connectivity index is 2.64. The lowest BCUT2D eigenvalue weighted by atomic mass is 9.82. The normalized spacial score (nSPS) is 15.5. The SMILES string of the molecule is CCCNC(CC(C)CC(C)(C)C)c1ccc(Br)o1. The molecule has 1 rings (SSSR count). The van der Waals surface area contributed by atoms with Crippen LogP contribution in [0.15, 0.2) is 21.2 Å². The van der Waals surface area contributed by atoms with E-state index in [1.165, 1.54) is 6.42 Å². The fourth-order valence-electron chi connectivity index (χ4n) is 2.67. The van der Waals surface area contributed by atoms with Crippen LogP contribution in [0.1, 0.15) is 65.7 Å². The van der Waals surface area contributed by atoms with Gasteiger partial charge < -0.3 is 9.73 Å². The first-order chi connectivity index (χ1) is 8.81. The molecule has 0 radical (unpaired) electrons. The summed E-state index contributed by atoms with van der Waals surface area (Å²) in [4.78, 5) is 0. The van der Waals surface area contributed by atoms with E-state index in [2.05, 4.69) is 61.9 Å². The standard InChI is InChI=1S/C16H28BrNO/c1-6-9-18-13(14-7-8-15(17)19-14)10-12(2)11-16(3,4)5/h7-8,12-13,18H,6,9-11H2,1-5H3. The van der Waals surface area contributed by atoms with Gasteiger partial charge in [-0.1, -0.05) is 34.6 Å². The zero-order valence-electron chi connectivity index (χ0n) is 12.9. The lowest BCUT2D eigenvalue weighted by molar-refractivity contribution is 0.263. The topological polar surface area (TPSA) is 25.2 Å². The molecule has 1 N–H and O–H groups in total. The van der Waals surface area contributed by atoms with E-state index >= 15 is 0 Å². The second-order valence-corrected chi connectivity index (χ2v) is 7.54. The van der Waals surface area contributed by atoms with Crippen LogP contribution in [0.5, 0.6) is 0 Å². The Morgan fingerprint density at radius 2 is 2.00 bits per heavy atom. The van der Waals surface area contributed by atoms with Crippen LogP contribution >= 0.6 is 15.9 Å². The Hall–Kier alpha value is -0.280. The number of hydrogen-bond donors (Lipinski definition) is 1. The molecule has 0 fully saturated rings. The Morgan fingerprint density at radius 1 is 1.32 bits per heavy atom. The van der Waals surface area contributed by atoms with Crippen LogP contribution in [0.3, 0.4) is 0 Å². The van der Waals surface area contributed by atoms with Gasteiger partial charge >= 0.3 is 0 Å². The highest BCUT2D eigenvalue weighted by Gasteiger charge is 2.21. The monoisotopic (exact) mass is 329 g/mol. The molecular formula is C16H28BrNO. The summed E-state index contributed by atoms with van der Waals surface area (Å²) in [6.45, 7) is 12.5. The molecule has 0 aliphatic carbocycles. The summed E-state index contributed by atoms with van der Waals surface area (Å²) in [5.74, 6) is 1.72. The molecule has 0 saturated heterocycles. The highest BCUT2D eigenvalue weighted by molar-refractivity contribution is 9.10. The molecule has 0 spiro atoms. The molecule has 110 valence electrons. The smallest absolute Gasteiger partial charge is 0.169 e. The molecule has 0 aromatic carbocycles. The molecule has 2 unspecified atom stereocenters. The lowest BCUT2D eigenvalue weighted by Gasteiger charge is -2.26. The first-order valence-corrected chi connectivity index (χ1v) is 8.09. The maximum Gasteiger partial charge on any atom is 0.169 e. The minimum Gasteiger partial charge on any atom is -0.453 e. The largest absolute Gasteiger partial charge is 0.453 e. The van der Waals surface area contributed by atoms with Crippen LogP contribution in [0.25, 0.3) is 0 Å². The fraction of sp³-hybridized carbons (Fsp3) is 0.750. The van der Waals surface area contributed by atoms with E-state index in [1.54, 1.807) is 0 Å². The average molecular weight is 330 g/mol. The van der Waals surface area contributed by atoms with Crippen LogP contribution in [0, 0.1) is 11.3 Å². The summed E-state index contributed by atoms with van der Waals surface area (Å²) in [5, 5.41) is 3.60. The van der Waals surface area contributed by atoms with E-state index < -0.39 is 0 Å². The number of nitrogens with one attached hydrogen (secondary N) is 1. The molecule has 2 nitrogen and oxygen atoms in total. The molecule has 0 aliphatic heterocycles. The van der Waals surface area contributed by atoms with Crippen LogP contribution in [0.2, 0.25) is 0 Å². The Labute approximate surface area is 126 Å². The molecule has 1 heterocycles. The number of furan rings is 1. The summed E-state index contributed by atoms with van der Waals surface area (Å²) < 4.78 is 6.54. The summed E-state index contributed by atoms with van der Waals surface area (Å²) in [6.07, 6.45) is 3.50. The average Bonchev–Trinajstić information content (AvgIpc) is 2.68. The van der Waals surface area contributed by atoms with Crippen molar-refractivity contribution >= 4 is 15.9 Å². The Kier molecular flexibility index (Phi) is 6.61. The molecule has 1 aromatic heterocycles. The second-order valence-electron chi connectivity index (χ2n) is 6.75. The van der Waals surface area contributed by atoms with Gasteiger partial charge in [0.15, 0.2) is 4.67 Å². The lowest BCUT2D eigenvalue weighted by Crippen LogP contribution is -2.25. The quantitative estimate of drug-likeness (QED) is 0.709. The van der Waals surface area contributed by atoms with Crippen molar-refractivity contribution in [3.05, 3.63) is 22.6 Å². The van der Waals surface area contributed by atoms with E-state index in [-0.39, 0.29) is 0 Å². The highest BCUT2D eigenvalue weighted by atomic mass is 79.9. The van der Waals surface area contributed by atoms with Crippen molar-refractivity contribution in [2.45, 2.75) is 59.9 Å². The third-order valence-electron chi connectivity index (χ3n) is 3.18. The van der Waals surface area contributed by atoms with E-state index in [0.717, 1.165) is 29.8 Å². The van der Waals surface area contributed by atoms with Gasteiger partial charge in [-0.25, -0.2) is 0 Å². The first-order valence-electron chi connectivity index (χ1n) is 7.30. The van der Waals surface area contributed by atoms with Crippen molar-refractivity contribution in [1.82, 2.24) is 5.32 Å². The molecule has 0 saturated carbocycles. The van der Waals surface area contributed by atoms with Gasteiger partial charge in [-0.15, -0.1) is 0 Å². The van der Waals surface area contributed by atoms with Crippen LogP contribution in [-0.2, 0) is 0 Å². The van der Waals surface area contributed by atoms with Gasteiger partial charge in [0.2, 0.25) is 0 Å². The molecule has 0 bridgehead atoms. The molecule has 0 aliphatic rings. The van der Waals surface area contributed by atoms with Gasteiger partial charge in [0.05, 0.1) is 6.04 Å². The number of halogens is 1. The van der Waals surface area contributed by atoms with Gasteiger partial charge in [0, 0.05) is 0 Å². The van der Waals surface area contributed by atoms with Crippen LogP contribution in [0.4, 0.5) is 0 Å². The Morgan fingerprint density at radius 3 is 2.47 bits per heavy atom. The van der Waals surface area contributed by atoms with E-state index in [0.29, 0.717) is 17.4 Å². The van der Waals surface area contributed by atoms with Gasteiger partial charge in [-0.3, -0.25) is 0 Å². The van der Waals surface area contributed by atoms with E-state index in [4.69, 9.17) is 4.42 Å². The zero-order chi connectivity index (χ0) is 14.5. The molecule has 1 aromatic rings. The van der Waals surface area contributed by atoms with Gasteiger partial charge in [-0.05, 0) is 65.2 Å². The third-order valence-corrected chi connectivity index (χ3v) is 3.60. The summed E-state index contributed by atoms with van der Waals surface area (Å²) in [6, 6.07) is 4.37. The minimum absolute atomic E-state index is 0.323. The van der Waals surface area contributed by atoms with Crippen molar-refractivity contribution in [3.8, 4) is 0 Å². The minimum atomic E-state index is 0.323. The van der Waals surface area contributed by atoms with Crippen LogP contribution < -0.4 is 5.32 Å². The molecule has 2 atom stereocenters. The number of hydrogen-bond acceptors (Lipinski definition) is 2. The zero-order valence-corrected chi connectivity index (χ0v) is 14.5. The summed E-state index contributed by atoms with van der Waals surface area (Å²) >= 11 is 3.39. The maximum absolute atomic E-state index is 5.73. The van der Waals surface area contributed by atoms with Crippen molar-refractivity contribution in [1.29, 1.82) is 0 Å². The first kappa shape index (κ1) is 16.8. The van der Waals surface area contributed by atoms with Gasteiger partial charge in [-0.2, -0.15) is 0 Å². The predicted octanol–water partition coefficient (Wildman–Crippen LogP) is 5.55. The van der Waals surface area contributed by atoms with Crippen molar-refractivity contribution in [2.75, 3.05) is 6.54 Å². The van der Waals surface area contributed by atoms with Crippen molar-refractivity contribution in [2.24, 2.45) is 11.3 Å². The van der Waals surface area contributed by atoms with Crippen molar-refractivity contribution in [3.63, 3.8) is 0 Å². The fourth-order valence-corrected chi connectivity index (χ4v) is 2.98. The van der Waals surface area contributed by atoms with E-state index in [1.807, 2.05) is 6.07 Å². The molecule has 3 heteroatoms. The summed E-state index contributed by atoms with van der Waals surface area (Å²) in [7, 11) is 0. The van der Waals surface area contributed by atoms with Crippen LogP contribution in [-0.4, -0.2) is 6.54 Å². The maximum atomic E-state index is 5.73. The molecule has 0 amide bonds. The molecular weight excluding hydrogens is 302 g/mol. The molecule has 19 heavy (non-hydrogen) atoms. The van der Waals surface area contributed by atoms with Crippen molar-refractivity contribution < 1.29 is 4.42 Å². The van der Waals surface area contributed by atoms with Gasteiger partial charge in [0.25, 0.3) is 0 Å². The summed E-state index contributed by atoms with van der Waals surface area (Å²) in [5.41, 5.74) is 0.387. The number of rotatable bonds is 7. The highest BCUT2D eigenvalue weighted by Crippen LogP contribution is 2.31. The Bertz CT molecular complexity index is 367. The van der Waals surface area contributed by atoms with E-state index in [9.17, 15) is 0 Å². The predicted molar refractivity (Wildman–Crippen MR) is 85.3 cm³/mol. The third kappa shape index (κ3) is 6.62.